The molecule has 1 aromatic heterocycles. The first-order valence-corrected chi connectivity index (χ1v) is 8.15. The third-order valence-corrected chi connectivity index (χ3v) is 4.27. The molecule has 2 amide bonds. The third kappa shape index (κ3) is 3.41. The molecule has 0 spiro atoms. The molecule has 5 nitrogen and oxygen atoms in total. The molecule has 1 heterocycles. The van der Waals surface area contributed by atoms with E-state index in [1.165, 1.54) is 29.5 Å². The van der Waals surface area contributed by atoms with Crippen LogP contribution in [-0.2, 0) is 4.79 Å². The molecule has 0 atom stereocenters. The number of nitrogens with zero attached hydrogens (tertiary/aromatic N) is 1. The first-order chi connectivity index (χ1) is 11.6. The Bertz CT molecular complexity index is 923. The van der Waals surface area contributed by atoms with Gasteiger partial charge in [-0.15, -0.1) is 0 Å². The summed E-state index contributed by atoms with van der Waals surface area (Å²) in [5.74, 6) is -1.20. The topological polar surface area (TPSA) is 71.1 Å². The van der Waals surface area contributed by atoms with Crippen molar-refractivity contribution in [3.63, 3.8) is 0 Å². The van der Waals surface area contributed by atoms with Gasteiger partial charge in [0.05, 0.1) is 15.8 Å². The number of rotatable bonds is 4. The van der Waals surface area contributed by atoms with Gasteiger partial charge in [-0.1, -0.05) is 30.4 Å². The van der Waals surface area contributed by atoms with E-state index in [1.54, 1.807) is 31.2 Å². The van der Waals surface area contributed by atoms with Crippen LogP contribution in [0.5, 0.6) is 0 Å². The monoisotopic (exact) mass is 343 g/mol. The van der Waals surface area contributed by atoms with Gasteiger partial charge in [0.25, 0.3) is 5.91 Å². The van der Waals surface area contributed by atoms with Gasteiger partial charge in [0.1, 0.15) is 5.82 Å². The molecule has 0 bridgehead atoms. The maximum atomic E-state index is 13.6. The van der Waals surface area contributed by atoms with Crippen LogP contribution >= 0.6 is 11.3 Å². The normalized spacial score (nSPS) is 10.6. The van der Waals surface area contributed by atoms with Gasteiger partial charge in [-0.05, 0) is 30.3 Å². The van der Waals surface area contributed by atoms with Crippen molar-refractivity contribution in [2.24, 2.45) is 0 Å². The lowest BCUT2D eigenvalue weighted by Gasteiger charge is -2.05. The number of nitrogens with one attached hydrogen (secondary N) is 2. The highest BCUT2D eigenvalue weighted by Crippen LogP contribution is 2.28. The van der Waals surface area contributed by atoms with Crippen LogP contribution in [0.25, 0.3) is 10.2 Å². The number of carbonyl (C=O) groups is 2. The first kappa shape index (κ1) is 16.1. The van der Waals surface area contributed by atoms with E-state index in [-0.39, 0.29) is 11.5 Å². The minimum atomic E-state index is -0.571. The smallest absolute Gasteiger partial charge is 0.258 e. The Morgan fingerprint density at radius 1 is 1.17 bits per heavy atom. The van der Waals surface area contributed by atoms with Crippen LogP contribution in [-0.4, -0.2) is 16.8 Å². The number of amides is 2. The third-order valence-electron chi connectivity index (χ3n) is 3.33. The maximum absolute atomic E-state index is 13.6. The van der Waals surface area contributed by atoms with Gasteiger partial charge < -0.3 is 10.6 Å². The first-order valence-electron chi connectivity index (χ1n) is 7.33. The molecule has 0 fully saturated rings. The number of halogens is 1. The Kier molecular flexibility index (Phi) is 4.52. The average molecular weight is 343 g/mol. The van der Waals surface area contributed by atoms with Gasteiger partial charge >= 0.3 is 0 Å². The minimum absolute atomic E-state index is 0.0159. The highest BCUT2D eigenvalue weighted by atomic mass is 32.1. The highest BCUT2D eigenvalue weighted by molar-refractivity contribution is 7.22. The molecular weight excluding hydrogens is 329 g/mol. The number of thiazole rings is 1. The van der Waals surface area contributed by atoms with Crippen molar-refractivity contribution in [1.82, 2.24) is 4.98 Å². The zero-order valence-electron chi connectivity index (χ0n) is 12.8. The zero-order chi connectivity index (χ0) is 17.1. The second kappa shape index (κ2) is 6.76. The quantitative estimate of drug-likeness (QED) is 0.751. The summed E-state index contributed by atoms with van der Waals surface area (Å²) in [6.07, 6.45) is 0.375. The fourth-order valence-electron chi connectivity index (χ4n) is 2.11. The van der Waals surface area contributed by atoms with Gasteiger partial charge in [-0.25, -0.2) is 9.37 Å². The number of hydrogen-bond acceptors (Lipinski definition) is 4. The molecule has 0 unspecified atom stereocenters. The number of benzene rings is 2. The van der Waals surface area contributed by atoms with Crippen LogP contribution < -0.4 is 10.6 Å². The Hall–Kier alpha value is -2.80. The molecular formula is C17H14FN3O2S. The van der Waals surface area contributed by atoms with Crippen molar-refractivity contribution in [1.29, 1.82) is 0 Å². The Morgan fingerprint density at radius 2 is 1.96 bits per heavy atom. The van der Waals surface area contributed by atoms with E-state index in [0.29, 0.717) is 17.2 Å². The Morgan fingerprint density at radius 3 is 2.71 bits per heavy atom. The summed E-state index contributed by atoms with van der Waals surface area (Å²) in [6.45, 7) is 1.76. The minimum Gasteiger partial charge on any atom is -0.322 e. The molecule has 0 aliphatic heterocycles. The second-order valence-electron chi connectivity index (χ2n) is 5.04. The number of carbonyl (C=O) groups excluding carboxylic acids is 2. The van der Waals surface area contributed by atoms with Crippen molar-refractivity contribution in [3.05, 3.63) is 53.8 Å². The van der Waals surface area contributed by atoms with Crippen molar-refractivity contribution >= 4 is 44.2 Å². The van der Waals surface area contributed by atoms with E-state index in [4.69, 9.17) is 0 Å². The van der Waals surface area contributed by atoms with Crippen molar-refractivity contribution in [2.75, 3.05) is 10.6 Å². The standard InChI is InChI=1S/C17H14FN3O2S/c1-2-15(22)21-17-20-13-8-7-10(9-14(13)24-17)19-16(23)11-5-3-4-6-12(11)18/h3-9H,2H2,1H3,(H,19,23)(H,20,21,22). The van der Waals surface area contributed by atoms with E-state index < -0.39 is 11.7 Å². The van der Waals surface area contributed by atoms with Crippen molar-refractivity contribution < 1.29 is 14.0 Å². The molecule has 2 N–H and O–H groups in total. The molecule has 3 aromatic rings. The lowest BCUT2D eigenvalue weighted by molar-refractivity contribution is -0.115. The summed E-state index contributed by atoms with van der Waals surface area (Å²) in [4.78, 5) is 27.9. The molecule has 3 rings (SSSR count). The molecule has 0 aliphatic carbocycles. The number of aromatic nitrogens is 1. The number of anilines is 2. The van der Waals surface area contributed by atoms with Gasteiger partial charge in [-0.3, -0.25) is 9.59 Å². The molecule has 122 valence electrons. The summed E-state index contributed by atoms with van der Waals surface area (Å²) in [5.41, 5.74) is 1.24. The molecule has 0 aliphatic rings. The molecule has 7 heteroatoms. The van der Waals surface area contributed by atoms with Crippen LogP contribution in [0.15, 0.2) is 42.5 Å². The SMILES string of the molecule is CCC(=O)Nc1nc2ccc(NC(=O)c3ccccc3F)cc2s1. The molecule has 24 heavy (non-hydrogen) atoms. The zero-order valence-corrected chi connectivity index (χ0v) is 13.6. The number of hydrogen-bond donors (Lipinski definition) is 2. The highest BCUT2D eigenvalue weighted by Gasteiger charge is 2.12. The molecule has 0 saturated carbocycles. The van der Waals surface area contributed by atoms with Crippen LogP contribution in [0, 0.1) is 5.82 Å². The van der Waals surface area contributed by atoms with Crippen LogP contribution in [0.2, 0.25) is 0 Å². The van der Waals surface area contributed by atoms with E-state index in [2.05, 4.69) is 15.6 Å². The van der Waals surface area contributed by atoms with Crippen molar-refractivity contribution in [3.8, 4) is 0 Å². The largest absolute Gasteiger partial charge is 0.322 e. The lowest BCUT2D eigenvalue weighted by Crippen LogP contribution is -2.13. The van der Waals surface area contributed by atoms with E-state index in [1.807, 2.05) is 0 Å². The summed E-state index contributed by atoms with van der Waals surface area (Å²) < 4.78 is 14.5. The van der Waals surface area contributed by atoms with Crippen LogP contribution in [0.4, 0.5) is 15.2 Å². The molecule has 0 saturated heterocycles. The van der Waals surface area contributed by atoms with Gasteiger partial charge in [-0.2, -0.15) is 0 Å². The van der Waals surface area contributed by atoms with Crippen LogP contribution in [0.1, 0.15) is 23.7 Å². The van der Waals surface area contributed by atoms with Crippen molar-refractivity contribution in [2.45, 2.75) is 13.3 Å². The van der Waals surface area contributed by atoms with E-state index in [9.17, 15) is 14.0 Å². The Balaban J connectivity index is 1.82. The second-order valence-corrected chi connectivity index (χ2v) is 6.07. The molecule has 0 radical (unpaired) electrons. The molecule has 2 aromatic carbocycles. The summed E-state index contributed by atoms with van der Waals surface area (Å²) in [5, 5.41) is 5.88. The Labute approximate surface area is 141 Å². The van der Waals surface area contributed by atoms with E-state index >= 15 is 0 Å². The van der Waals surface area contributed by atoms with Crippen LogP contribution in [0.3, 0.4) is 0 Å². The predicted octanol–water partition coefficient (Wildman–Crippen LogP) is 4.04. The van der Waals surface area contributed by atoms with Gasteiger partial charge in [0.2, 0.25) is 5.91 Å². The summed E-state index contributed by atoms with van der Waals surface area (Å²) in [7, 11) is 0. The maximum Gasteiger partial charge on any atom is 0.258 e. The van der Waals surface area contributed by atoms with E-state index in [0.717, 1.165) is 10.2 Å². The van der Waals surface area contributed by atoms with Gasteiger partial charge in [0.15, 0.2) is 5.13 Å². The summed E-state index contributed by atoms with van der Waals surface area (Å²) in [6, 6.07) is 11.0. The number of fused-ring (bicyclic) bond motifs is 1. The lowest BCUT2D eigenvalue weighted by atomic mass is 10.2. The fraction of sp³-hybridized carbons (Fsp3) is 0.118. The average Bonchev–Trinajstić information content (AvgIpc) is 2.96. The fourth-order valence-corrected chi connectivity index (χ4v) is 3.03. The summed E-state index contributed by atoms with van der Waals surface area (Å²) >= 11 is 1.31. The van der Waals surface area contributed by atoms with Gasteiger partial charge in [0, 0.05) is 12.1 Å². The predicted molar refractivity (Wildman–Crippen MR) is 92.9 cm³/mol.